The lowest BCUT2D eigenvalue weighted by molar-refractivity contribution is -0.142. The highest BCUT2D eigenvalue weighted by Gasteiger charge is 2.41. The summed E-state index contributed by atoms with van der Waals surface area (Å²) in [4.78, 5) is 11.9. The van der Waals surface area contributed by atoms with E-state index >= 15 is 0 Å². The number of carbonyl (C=O) groups is 1. The van der Waals surface area contributed by atoms with Gasteiger partial charge in [-0.1, -0.05) is 0 Å². The summed E-state index contributed by atoms with van der Waals surface area (Å²) in [5.74, 6) is 1.94. The highest BCUT2D eigenvalue weighted by Crippen LogP contribution is 2.22. The van der Waals surface area contributed by atoms with Crippen LogP contribution in [0, 0.1) is 18.3 Å². The van der Waals surface area contributed by atoms with Crippen molar-refractivity contribution in [2.24, 2.45) is 5.92 Å². The van der Waals surface area contributed by atoms with E-state index in [1.807, 2.05) is 0 Å². The number of nitrogens with zero attached hydrogens (tertiary/aromatic N) is 1. The summed E-state index contributed by atoms with van der Waals surface area (Å²) in [6.45, 7) is 0.532. The number of hydrogen-bond donors (Lipinski definition) is 1. The van der Waals surface area contributed by atoms with E-state index in [0.717, 1.165) is 4.90 Å². The van der Waals surface area contributed by atoms with Crippen molar-refractivity contribution >= 4 is 6.03 Å². The van der Waals surface area contributed by atoms with Crippen LogP contribution in [0.1, 0.15) is 6.92 Å². The molecule has 1 aliphatic rings. The fraction of sp³-hybridized carbons (Fsp3) is 0.667. The zero-order valence-corrected chi connectivity index (χ0v) is 8.14. The van der Waals surface area contributed by atoms with Crippen LogP contribution in [0.2, 0.25) is 0 Å². The molecule has 0 aromatic rings. The van der Waals surface area contributed by atoms with Crippen LogP contribution in [0.25, 0.3) is 0 Å². The molecule has 0 aromatic heterocycles. The Morgan fingerprint density at radius 2 is 2.33 bits per heavy atom. The lowest BCUT2D eigenvalue weighted by Gasteiger charge is -2.26. The number of halogens is 3. The van der Waals surface area contributed by atoms with Gasteiger partial charge in [0.15, 0.2) is 0 Å². The molecular weight excluding hydrogens is 209 g/mol. The van der Waals surface area contributed by atoms with E-state index in [9.17, 15) is 18.0 Å². The molecule has 1 unspecified atom stereocenters. The number of terminal acetylenes is 1. The van der Waals surface area contributed by atoms with Gasteiger partial charge in [0, 0.05) is 12.5 Å². The number of nitrogens with one attached hydrogen (secondary N) is 1. The Bertz CT molecular complexity index is 295. The van der Waals surface area contributed by atoms with Crippen molar-refractivity contribution in [3.63, 3.8) is 0 Å². The molecule has 2 amide bonds. The standard InChI is InChI=1S/C9H11F3N2O/c1-3-6(2)7-4-13-8(15)14(7)5-9(10,11)12/h1,6-7H,4-5H2,2H3,(H,13,15)/t6?,7-/m0/s1. The first-order valence-electron chi connectivity index (χ1n) is 4.42. The number of hydrogen-bond acceptors (Lipinski definition) is 1. The first kappa shape index (κ1) is 11.7. The molecule has 1 N–H and O–H groups in total. The summed E-state index contributed by atoms with van der Waals surface area (Å²) in [7, 11) is 0. The maximum absolute atomic E-state index is 12.1. The van der Waals surface area contributed by atoms with Crippen LogP contribution in [0.5, 0.6) is 0 Å². The van der Waals surface area contributed by atoms with Gasteiger partial charge in [0.1, 0.15) is 6.54 Å². The Morgan fingerprint density at radius 3 is 2.80 bits per heavy atom. The highest BCUT2D eigenvalue weighted by molar-refractivity contribution is 5.77. The quantitative estimate of drug-likeness (QED) is 0.697. The number of carbonyl (C=O) groups excluding carboxylic acids is 1. The summed E-state index contributed by atoms with van der Waals surface area (Å²) in [5, 5.41) is 2.35. The van der Waals surface area contributed by atoms with Crippen LogP contribution < -0.4 is 5.32 Å². The summed E-state index contributed by atoms with van der Waals surface area (Å²) < 4.78 is 36.4. The largest absolute Gasteiger partial charge is 0.406 e. The monoisotopic (exact) mass is 220 g/mol. The second-order valence-corrected chi connectivity index (χ2v) is 3.45. The minimum Gasteiger partial charge on any atom is -0.336 e. The van der Waals surface area contributed by atoms with Crippen LogP contribution in [0.15, 0.2) is 0 Å². The van der Waals surface area contributed by atoms with Crippen LogP contribution in [0.4, 0.5) is 18.0 Å². The molecule has 15 heavy (non-hydrogen) atoms. The van der Waals surface area contributed by atoms with Gasteiger partial charge >= 0.3 is 12.2 Å². The molecule has 0 saturated carbocycles. The van der Waals surface area contributed by atoms with Gasteiger partial charge in [-0.2, -0.15) is 13.2 Å². The average molecular weight is 220 g/mol. The molecule has 1 saturated heterocycles. The lowest BCUT2D eigenvalue weighted by atomic mass is 10.0. The zero-order valence-electron chi connectivity index (χ0n) is 8.14. The third kappa shape index (κ3) is 2.78. The Balaban J connectivity index is 2.74. The summed E-state index contributed by atoms with van der Waals surface area (Å²) in [6, 6.07) is -1.29. The van der Waals surface area contributed by atoms with Crippen LogP contribution in [-0.4, -0.2) is 36.2 Å². The summed E-state index contributed by atoms with van der Waals surface area (Å²) in [5.41, 5.74) is 0. The molecule has 1 aliphatic heterocycles. The minimum absolute atomic E-state index is 0.167. The molecule has 1 rings (SSSR count). The van der Waals surface area contributed by atoms with Crippen molar-refractivity contribution in [1.82, 2.24) is 10.2 Å². The fourth-order valence-corrected chi connectivity index (χ4v) is 1.49. The zero-order chi connectivity index (χ0) is 11.6. The van der Waals surface area contributed by atoms with Gasteiger partial charge in [0.2, 0.25) is 0 Å². The van der Waals surface area contributed by atoms with E-state index in [1.54, 1.807) is 6.92 Å². The van der Waals surface area contributed by atoms with Gasteiger partial charge in [0.25, 0.3) is 0 Å². The maximum Gasteiger partial charge on any atom is 0.406 e. The van der Waals surface area contributed by atoms with E-state index < -0.39 is 30.7 Å². The third-order valence-electron chi connectivity index (χ3n) is 2.31. The SMILES string of the molecule is C#CC(C)[C@@H]1CNC(=O)N1CC(F)(F)F. The van der Waals surface area contributed by atoms with Gasteiger partial charge in [-0.25, -0.2) is 4.79 Å². The minimum atomic E-state index is -4.39. The topological polar surface area (TPSA) is 32.3 Å². The molecule has 2 atom stereocenters. The van der Waals surface area contributed by atoms with Crippen LogP contribution >= 0.6 is 0 Å². The number of amides is 2. The molecule has 0 aliphatic carbocycles. The smallest absolute Gasteiger partial charge is 0.336 e. The summed E-state index contributed by atoms with van der Waals surface area (Å²) in [6.07, 6.45) is 0.732. The van der Waals surface area contributed by atoms with Gasteiger partial charge in [-0.05, 0) is 6.92 Å². The van der Waals surface area contributed by atoms with Gasteiger partial charge < -0.3 is 10.2 Å². The van der Waals surface area contributed by atoms with E-state index in [-0.39, 0.29) is 6.54 Å². The molecule has 6 heteroatoms. The maximum atomic E-state index is 12.1. The third-order valence-corrected chi connectivity index (χ3v) is 2.31. The number of alkyl halides is 3. The molecule has 1 fully saturated rings. The molecule has 0 radical (unpaired) electrons. The molecule has 0 spiro atoms. The van der Waals surface area contributed by atoms with Crippen molar-refractivity contribution in [3.05, 3.63) is 0 Å². The van der Waals surface area contributed by atoms with Crippen LogP contribution in [-0.2, 0) is 0 Å². The Hall–Kier alpha value is -1.38. The van der Waals surface area contributed by atoms with Crippen molar-refractivity contribution in [2.75, 3.05) is 13.1 Å². The van der Waals surface area contributed by atoms with E-state index in [4.69, 9.17) is 6.42 Å². The first-order valence-corrected chi connectivity index (χ1v) is 4.42. The average Bonchev–Trinajstić information content (AvgIpc) is 2.45. The lowest BCUT2D eigenvalue weighted by Crippen LogP contribution is -2.43. The Morgan fingerprint density at radius 1 is 1.73 bits per heavy atom. The van der Waals surface area contributed by atoms with Gasteiger partial charge in [-0.3, -0.25) is 0 Å². The molecule has 0 bridgehead atoms. The molecule has 84 valence electrons. The first-order chi connectivity index (χ1) is 6.85. The Labute approximate surface area is 85.6 Å². The van der Waals surface area contributed by atoms with Crippen molar-refractivity contribution in [3.8, 4) is 12.3 Å². The normalized spacial score (nSPS) is 23.5. The number of rotatable bonds is 2. The Kier molecular flexibility index (Phi) is 3.12. The molecular formula is C9H11F3N2O. The van der Waals surface area contributed by atoms with Crippen LogP contribution in [0.3, 0.4) is 0 Å². The predicted molar refractivity (Wildman–Crippen MR) is 47.9 cm³/mol. The molecule has 3 nitrogen and oxygen atoms in total. The van der Waals surface area contributed by atoms with E-state index in [2.05, 4.69) is 11.2 Å². The molecule has 1 heterocycles. The van der Waals surface area contributed by atoms with Crippen molar-refractivity contribution in [2.45, 2.75) is 19.1 Å². The van der Waals surface area contributed by atoms with E-state index in [1.165, 1.54) is 0 Å². The fourth-order valence-electron chi connectivity index (χ4n) is 1.49. The van der Waals surface area contributed by atoms with Crippen molar-refractivity contribution in [1.29, 1.82) is 0 Å². The highest BCUT2D eigenvalue weighted by atomic mass is 19.4. The molecule has 0 aromatic carbocycles. The second-order valence-electron chi connectivity index (χ2n) is 3.45. The summed E-state index contributed by atoms with van der Waals surface area (Å²) >= 11 is 0. The van der Waals surface area contributed by atoms with Crippen molar-refractivity contribution < 1.29 is 18.0 Å². The van der Waals surface area contributed by atoms with Gasteiger partial charge in [0.05, 0.1) is 6.04 Å². The predicted octanol–water partition coefficient (Wildman–Crippen LogP) is 1.21. The number of urea groups is 1. The van der Waals surface area contributed by atoms with Gasteiger partial charge in [-0.15, -0.1) is 12.3 Å². The second kappa shape index (κ2) is 4.01. The van der Waals surface area contributed by atoms with E-state index in [0.29, 0.717) is 0 Å².